The quantitative estimate of drug-likeness (QED) is 0.846. The van der Waals surface area contributed by atoms with Crippen LogP contribution in [0.4, 0.5) is 10.5 Å². The van der Waals surface area contributed by atoms with Crippen LogP contribution in [0, 0.1) is 0 Å². The second kappa shape index (κ2) is 7.99. The maximum Gasteiger partial charge on any atom is 0.319 e. The summed E-state index contributed by atoms with van der Waals surface area (Å²) in [6.07, 6.45) is 3.80. The van der Waals surface area contributed by atoms with Gasteiger partial charge in [0.05, 0.1) is 6.04 Å². The van der Waals surface area contributed by atoms with Crippen LogP contribution < -0.4 is 10.6 Å². The normalized spacial score (nSPS) is 17.7. The van der Waals surface area contributed by atoms with Gasteiger partial charge in [0.2, 0.25) is 5.91 Å². The molecule has 0 saturated carbocycles. The highest BCUT2D eigenvalue weighted by Gasteiger charge is 2.31. The van der Waals surface area contributed by atoms with Crippen molar-refractivity contribution in [1.29, 1.82) is 0 Å². The van der Waals surface area contributed by atoms with Gasteiger partial charge >= 0.3 is 6.03 Å². The van der Waals surface area contributed by atoms with Crippen molar-refractivity contribution in [3.8, 4) is 0 Å². The van der Waals surface area contributed by atoms with Gasteiger partial charge in [-0.05, 0) is 44.4 Å². The predicted octanol–water partition coefficient (Wildman–Crippen LogP) is 3.16. The third-order valence-electron chi connectivity index (χ3n) is 4.15. The molecule has 1 heterocycles. The van der Waals surface area contributed by atoms with Gasteiger partial charge in [-0.15, -0.1) is 0 Å². The minimum Gasteiger partial charge on any atom is -0.338 e. The lowest BCUT2D eigenvalue weighted by atomic mass is 10.1. The van der Waals surface area contributed by atoms with Gasteiger partial charge in [0, 0.05) is 24.7 Å². The van der Waals surface area contributed by atoms with Gasteiger partial charge in [-0.3, -0.25) is 4.79 Å². The number of anilines is 1. The molecule has 0 spiro atoms. The van der Waals surface area contributed by atoms with Crippen molar-refractivity contribution in [3.63, 3.8) is 0 Å². The first-order valence-electron chi connectivity index (χ1n) is 8.45. The minimum absolute atomic E-state index is 0.102. The van der Waals surface area contributed by atoms with Crippen LogP contribution in [0.1, 0.15) is 45.6 Å². The van der Waals surface area contributed by atoms with Crippen LogP contribution in [-0.4, -0.2) is 35.5 Å². The first kappa shape index (κ1) is 17.3. The van der Waals surface area contributed by atoms with Crippen LogP contribution in [-0.2, 0) is 11.2 Å². The Balaban J connectivity index is 1.82. The largest absolute Gasteiger partial charge is 0.338 e. The smallest absolute Gasteiger partial charge is 0.319 e. The van der Waals surface area contributed by atoms with Crippen molar-refractivity contribution in [2.75, 3.05) is 11.9 Å². The Morgan fingerprint density at radius 3 is 2.57 bits per heavy atom. The molecule has 5 nitrogen and oxygen atoms in total. The fourth-order valence-electron chi connectivity index (χ4n) is 2.82. The first-order valence-corrected chi connectivity index (χ1v) is 8.45. The molecule has 1 aliphatic heterocycles. The van der Waals surface area contributed by atoms with Gasteiger partial charge in [-0.2, -0.15) is 0 Å². The molecule has 23 heavy (non-hydrogen) atoms. The van der Waals surface area contributed by atoms with E-state index in [0.29, 0.717) is 13.0 Å². The van der Waals surface area contributed by atoms with Crippen molar-refractivity contribution < 1.29 is 9.59 Å². The Hall–Kier alpha value is -2.04. The topological polar surface area (TPSA) is 61.4 Å². The van der Waals surface area contributed by atoms with E-state index in [0.717, 1.165) is 12.1 Å². The Morgan fingerprint density at radius 2 is 2.00 bits per heavy atom. The highest BCUT2D eigenvalue weighted by Crippen LogP contribution is 2.15. The number of urea groups is 1. The number of hydrogen-bond acceptors (Lipinski definition) is 2. The molecule has 5 heteroatoms. The third kappa shape index (κ3) is 4.98. The average Bonchev–Trinajstić information content (AvgIpc) is 2.87. The number of benzene rings is 1. The number of nitrogens with zero attached hydrogens (tertiary/aromatic N) is 1. The van der Waals surface area contributed by atoms with Crippen molar-refractivity contribution in [1.82, 2.24) is 10.2 Å². The second-order valence-corrected chi connectivity index (χ2v) is 6.44. The van der Waals surface area contributed by atoms with Gasteiger partial charge in [-0.1, -0.05) is 25.5 Å². The maximum absolute atomic E-state index is 12.1. The van der Waals surface area contributed by atoms with Crippen LogP contribution in [0.2, 0.25) is 0 Å². The van der Waals surface area contributed by atoms with Crippen molar-refractivity contribution in [2.45, 2.75) is 58.5 Å². The SMILES string of the molecule is CCCCc1ccc(NC(=O)NC2CC(=O)N(C(C)C)C2)cc1. The van der Waals surface area contributed by atoms with Crippen LogP contribution >= 0.6 is 0 Å². The van der Waals surface area contributed by atoms with E-state index in [9.17, 15) is 9.59 Å². The van der Waals surface area contributed by atoms with E-state index >= 15 is 0 Å². The molecule has 2 rings (SSSR count). The number of unbranched alkanes of at least 4 members (excludes halogenated alkanes) is 1. The lowest BCUT2D eigenvalue weighted by molar-refractivity contribution is -0.129. The number of carbonyl (C=O) groups is 2. The molecule has 1 fully saturated rings. The van der Waals surface area contributed by atoms with Crippen LogP contribution in [0.25, 0.3) is 0 Å². The number of hydrogen-bond donors (Lipinski definition) is 2. The van der Waals surface area contributed by atoms with Crippen LogP contribution in [0.15, 0.2) is 24.3 Å². The summed E-state index contributed by atoms with van der Waals surface area (Å²) in [6, 6.07) is 7.74. The molecule has 3 amide bonds. The Kier molecular flexibility index (Phi) is 6.02. The van der Waals surface area contributed by atoms with Crippen molar-refractivity contribution in [2.24, 2.45) is 0 Å². The van der Waals surface area contributed by atoms with Crippen molar-refractivity contribution in [3.05, 3.63) is 29.8 Å². The fourth-order valence-corrected chi connectivity index (χ4v) is 2.82. The van der Waals surface area contributed by atoms with E-state index in [1.807, 2.05) is 38.1 Å². The average molecular weight is 317 g/mol. The molecule has 0 aromatic heterocycles. The van der Waals surface area contributed by atoms with E-state index in [-0.39, 0.29) is 24.0 Å². The summed E-state index contributed by atoms with van der Waals surface area (Å²) in [4.78, 5) is 25.7. The second-order valence-electron chi connectivity index (χ2n) is 6.44. The molecule has 0 bridgehead atoms. The molecule has 1 aromatic rings. The Labute approximate surface area is 138 Å². The van der Waals surface area contributed by atoms with E-state index in [1.165, 1.54) is 18.4 Å². The van der Waals surface area contributed by atoms with Crippen molar-refractivity contribution >= 4 is 17.6 Å². The molecule has 126 valence electrons. The Bertz CT molecular complexity index is 540. The molecule has 2 N–H and O–H groups in total. The van der Waals surface area contributed by atoms with E-state index in [2.05, 4.69) is 17.6 Å². The molecule has 1 unspecified atom stereocenters. The highest BCUT2D eigenvalue weighted by atomic mass is 16.2. The standard InChI is InChI=1S/C18H27N3O2/c1-4-5-6-14-7-9-15(10-8-14)19-18(23)20-16-11-17(22)21(12-16)13(2)3/h7-10,13,16H,4-6,11-12H2,1-3H3,(H2,19,20,23). The van der Waals surface area contributed by atoms with E-state index in [4.69, 9.17) is 0 Å². The third-order valence-corrected chi connectivity index (χ3v) is 4.15. The summed E-state index contributed by atoms with van der Waals surface area (Å²) >= 11 is 0. The summed E-state index contributed by atoms with van der Waals surface area (Å²) < 4.78 is 0. The number of nitrogens with one attached hydrogen (secondary N) is 2. The molecule has 1 atom stereocenters. The zero-order valence-corrected chi connectivity index (χ0v) is 14.3. The summed E-state index contributed by atoms with van der Waals surface area (Å²) in [7, 11) is 0. The van der Waals surface area contributed by atoms with Gasteiger partial charge in [0.25, 0.3) is 0 Å². The number of aryl methyl sites for hydroxylation is 1. The van der Waals surface area contributed by atoms with Crippen LogP contribution in [0.5, 0.6) is 0 Å². The molecular formula is C18H27N3O2. The number of carbonyl (C=O) groups excluding carboxylic acids is 2. The number of amides is 3. The Morgan fingerprint density at radius 1 is 1.30 bits per heavy atom. The first-order chi connectivity index (χ1) is 11.0. The van der Waals surface area contributed by atoms with Gasteiger partial charge < -0.3 is 15.5 Å². The molecule has 1 aliphatic rings. The lowest BCUT2D eigenvalue weighted by Crippen LogP contribution is -2.40. The predicted molar refractivity (Wildman–Crippen MR) is 92.5 cm³/mol. The summed E-state index contributed by atoms with van der Waals surface area (Å²) in [5.74, 6) is 0.102. The lowest BCUT2D eigenvalue weighted by Gasteiger charge is -2.21. The fraction of sp³-hybridized carbons (Fsp3) is 0.556. The molecule has 1 saturated heterocycles. The summed E-state index contributed by atoms with van der Waals surface area (Å²) in [6.45, 7) is 6.73. The highest BCUT2D eigenvalue weighted by molar-refractivity contribution is 5.90. The molecular weight excluding hydrogens is 290 g/mol. The molecule has 0 radical (unpaired) electrons. The van der Waals surface area contributed by atoms with Gasteiger partial charge in [-0.25, -0.2) is 4.79 Å². The van der Waals surface area contributed by atoms with E-state index < -0.39 is 0 Å². The molecule has 1 aromatic carbocycles. The summed E-state index contributed by atoms with van der Waals surface area (Å²) in [5.41, 5.74) is 2.06. The number of likely N-dealkylation sites (tertiary alicyclic amines) is 1. The molecule has 0 aliphatic carbocycles. The van der Waals surface area contributed by atoms with E-state index in [1.54, 1.807) is 4.90 Å². The zero-order valence-electron chi connectivity index (χ0n) is 14.3. The minimum atomic E-state index is -0.255. The summed E-state index contributed by atoms with van der Waals surface area (Å²) in [5, 5.41) is 5.71. The zero-order chi connectivity index (χ0) is 16.8. The number of rotatable bonds is 6. The van der Waals surface area contributed by atoms with Gasteiger partial charge in [0.15, 0.2) is 0 Å². The maximum atomic E-state index is 12.1. The van der Waals surface area contributed by atoms with Crippen LogP contribution in [0.3, 0.4) is 0 Å². The monoisotopic (exact) mass is 317 g/mol. The van der Waals surface area contributed by atoms with Gasteiger partial charge in [0.1, 0.15) is 0 Å².